The lowest BCUT2D eigenvalue weighted by molar-refractivity contribution is -0.384. The average molecular weight is 474 g/mol. The van der Waals surface area contributed by atoms with Gasteiger partial charge in [-0.05, 0) is 61.3 Å². The summed E-state index contributed by atoms with van der Waals surface area (Å²) in [6.45, 7) is 2.08. The Bertz CT molecular complexity index is 1120. The third kappa shape index (κ3) is 6.54. The summed E-state index contributed by atoms with van der Waals surface area (Å²) in [5, 5.41) is 14.1. The number of rotatable bonds is 10. The summed E-state index contributed by atoms with van der Waals surface area (Å²) >= 11 is 0. The van der Waals surface area contributed by atoms with E-state index in [4.69, 9.17) is 0 Å². The summed E-state index contributed by atoms with van der Waals surface area (Å²) in [6, 6.07) is 11.9. The van der Waals surface area contributed by atoms with E-state index in [9.17, 15) is 23.3 Å². The molecule has 2 aromatic carbocycles. The molecule has 0 aliphatic heterocycles. The number of non-ortho nitro benzene ring substituents is 1. The number of nitro groups is 1. The molecule has 2 aromatic rings. The van der Waals surface area contributed by atoms with Crippen molar-refractivity contribution in [3.8, 4) is 0 Å². The van der Waals surface area contributed by atoms with E-state index in [0.717, 1.165) is 35.4 Å². The summed E-state index contributed by atoms with van der Waals surface area (Å²) in [4.78, 5) is 23.1. The number of aryl methyl sites for hydroxylation is 2. The van der Waals surface area contributed by atoms with Gasteiger partial charge in [0.2, 0.25) is 15.9 Å². The van der Waals surface area contributed by atoms with Crippen LogP contribution in [0.3, 0.4) is 0 Å². The van der Waals surface area contributed by atoms with Crippen molar-refractivity contribution in [1.82, 2.24) is 5.32 Å². The highest BCUT2D eigenvalue weighted by Crippen LogP contribution is 2.27. The Kier molecular flexibility index (Phi) is 8.07. The molecule has 0 aromatic heterocycles. The molecule has 1 aliphatic carbocycles. The molecule has 178 valence electrons. The van der Waals surface area contributed by atoms with Crippen LogP contribution in [0.2, 0.25) is 0 Å². The standard InChI is InChI=1S/C24H31N3O5S/c1-3-23(20-14-13-18-8-4-5-9-19(18)16-20)25-24(28)12-7-15-26(33(2,31)32)21-10-6-11-22(17-21)27(29)30/h6,10-11,13-14,16-17,23H,3-5,7-9,12,15H2,1-2H3,(H,25,28)/t23-/m0/s1. The van der Waals surface area contributed by atoms with Gasteiger partial charge in [-0.2, -0.15) is 0 Å². The number of carbonyl (C=O) groups is 1. The highest BCUT2D eigenvalue weighted by molar-refractivity contribution is 7.92. The van der Waals surface area contributed by atoms with Crippen LogP contribution in [0, 0.1) is 10.1 Å². The van der Waals surface area contributed by atoms with E-state index in [1.54, 1.807) is 0 Å². The van der Waals surface area contributed by atoms with Crippen molar-refractivity contribution in [3.63, 3.8) is 0 Å². The number of hydrogen-bond acceptors (Lipinski definition) is 5. The van der Waals surface area contributed by atoms with Crippen LogP contribution in [0.1, 0.15) is 61.8 Å². The van der Waals surface area contributed by atoms with Crippen molar-refractivity contribution in [2.45, 2.75) is 57.9 Å². The van der Waals surface area contributed by atoms with Crippen LogP contribution in [0.5, 0.6) is 0 Å². The first kappa shape index (κ1) is 24.7. The Morgan fingerprint density at radius 2 is 1.88 bits per heavy atom. The topological polar surface area (TPSA) is 110 Å². The Morgan fingerprint density at radius 3 is 2.55 bits per heavy atom. The molecular formula is C24H31N3O5S. The van der Waals surface area contributed by atoms with Crippen LogP contribution < -0.4 is 9.62 Å². The van der Waals surface area contributed by atoms with Gasteiger partial charge >= 0.3 is 0 Å². The van der Waals surface area contributed by atoms with Crippen molar-refractivity contribution >= 4 is 27.3 Å². The average Bonchev–Trinajstić information content (AvgIpc) is 2.79. The summed E-state index contributed by atoms with van der Waals surface area (Å²) in [7, 11) is -3.66. The number of benzene rings is 2. The number of fused-ring (bicyclic) bond motifs is 1. The van der Waals surface area contributed by atoms with Gasteiger partial charge in [0.15, 0.2) is 0 Å². The molecule has 3 rings (SSSR count). The molecule has 33 heavy (non-hydrogen) atoms. The van der Waals surface area contributed by atoms with Crippen LogP contribution in [-0.2, 0) is 27.7 Å². The molecule has 1 amide bonds. The molecular weight excluding hydrogens is 442 g/mol. The number of sulfonamides is 1. The predicted octanol–water partition coefficient (Wildman–Crippen LogP) is 4.29. The Hall–Kier alpha value is -2.94. The van der Waals surface area contributed by atoms with E-state index >= 15 is 0 Å². The lowest BCUT2D eigenvalue weighted by atomic mass is 9.89. The maximum Gasteiger partial charge on any atom is 0.271 e. The van der Waals surface area contributed by atoms with E-state index in [-0.39, 0.29) is 36.3 Å². The summed E-state index contributed by atoms with van der Waals surface area (Å²) in [5.41, 5.74) is 3.89. The Labute approximate surface area is 195 Å². The first-order valence-electron chi connectivity index (χ1n) is 11.3. The van der Waals surface area contributed by atoms with E-state index < -0.39 is 14.9 Å². The molecule has 1 atom stereocenters. The van der Waals surface area contributed by atoms with Gasteiger partial charge in [0.05, 0.1) is 22.9 Å². The van der Waals surface area contributed by atoms with Gasteiger partial charge in [0.25, 0.3) is 5.69 Å². The highest BCUT2D eigenvalue weighted by Gasteiger charge is 2.21. The molecule has 0 bridgehead atoms. The second-order valence-corrected chi connectivity index (χ2v) is 10.4. The number of amides is 1. The third-order valence-corrected chi connectivity index (χ3v) is 7.21. The van der Waals surface area contributed by atoms with Gasteiger partial charge in [0.1, 0.15) is 0 Å². The lowest BCUT2D eigenvalue weighted by Gasteiger charge is -2.23. The minimum Gasteiger partial charge on any atom is -0.349 e. The number of anilines is 1. The Balaban J connectivity index is 1.61. The van der Waals surface area contributed by atoms with Crippen LogP contribution in [0.15, 0.2) is 42.5 Å². The highest BCUT2D eigenvalue weighted by atomic mass is 32.2. The molecule has 0 unspecified atom stereocenters. The maximum atomic E-state index is 12.6. The summed E-state index contributed by atoms with van der Waals surface area (Å²) in [6.07, 6.45) is 6.86. The fraction of sp³-hybridized carbons (Fsp3) is 0.458. The van der Waals surface area contributed by atoms with Crippen molar-refractivity contribution in [2.24, 2.45) is 0 Å². The fourth-order valence-electron chi connectivity index (χ4n) is 4.29. The lowest BCUT2D eigenvalue weighted by Crippen LogP contribution is -2.33. The molecule has 0 spiro atoms. The largest absolute Gasteiger partial charge is 0.349 e. The van der Waals surface area contributed by atoms with E-state index in [2.05, 4.69) is 23.5 Å². The van der Waals surface area contributed by atoms with Gasteiger partial charge < -0.3 is 5.32 Å². The predicted molar refractivity (Wildman–Crippen MR) is 129 cm³/mol. The molecule has 1 N–H and O–H groups in total. The molecule has 9 heteroatoms. The third-order valence-electron chi connectivity index (χ3n) is 6.01. The number of carbonyl (C=O) groups excluding carboxylic acids is 1. The quantitative estimate of drug-likeness (QED) is 0.409. The zero-order valence-corrected chi connectivity index (χ0v) is 19.9. The van der Waals surface area contributed by atoms with Gasteiger partial charge in [-0.15, -0.1) is 0 Å². The molecule has 0 radical (unpaired) electrons. The summed E-state index contributed by atoms with van der Waals surface area (Å²) < 4.78 is 25.6. The number of hydrogen-bond donors (Lipinski definition) is 1. The van der Waals surface area contributed by atoms with Crippen molar-refractivity contribution in [3.05, 3.63) is 69.3 Å². The van der Waals surface area contributed by atoms with E-state index in [0.29, 0.717) is 6.42 Å². The van der Waals surface area contributed by atoms with Gasteiger partial charge in [-0.1, -0.05) is 31.2 Å². The molecule has 8 nitrogen and oxygen atoms in total. The maximum absolute atomic E-state index is 12.6. The van der Waals surface area contributed by atoms with Crippen molar-refractivity contribution in [2.75, 3.05) is 17.1 Å². The van der Waals surface area contributed by atoms with Crippen LogP contribution in [-0.4, -0.2) is 32.0 Å². The number of nitro benzene ring substituents is 1. The minimum atomic E-state index is -3.66. The SMILES string of the molecule is CC[C@H](NC(=O)CCCN(c1cccc([N+](=O)[O-])c1)S(C)(=O)=O)c1ccc2c(c1)CCCC2. The van der Waals surface area contributed by atoms with Gasteiger partial charge in [0, 0.05) is 25.1 Å². The molecule has 1 aliphatic rings. The van der Waals surface area contributed by atoms with Crippen molar-refractivity contribution < 1.29 is 18.1 Å². The molecule has 0 fully saturated rings. The van der Waals surface area contributed by atoms with Gasteiger partial charge in [-0.25, -0.2) is 8.42 Å². The second-order valence-electron chi connectivity index (χ2n) is 8.48. The fourth-order valence-corrected chi connectivity index (χ4v) is 5.25. The smallest absolute Gasteiger partial charge is 0.271 e. The molecule has 0 saturated carbocycles. The molecule has 0 heterocycles. The first-order valence-corrected chi connectivity index (χ1v) is 13.2. The zero-order valence-electron chi connectivity index (χ0n) is 19.1. The van der Waals surface area contributed by atoms with Crippen LogP contribution in [0.4, 0.5) is 11.4 Å². The number of nitrogens with one attached hydrogen (secondary N) is 1. The molecule has 0 saturated heterocycles. The van der Waals surface area contributed by atoms with E-state index in [1.807, 2.05) is 6.92 Å². The van der Waals surface area contributed by atoms with Crippen LogP contribution >= 0.6 is 0 Å². The first-order chi connectivity index (χ1) is 15.7. The minimum absolute atomic E-state index is 0.0586. The summed E-state index contributed by atoms with van der Waals surface area (Å²) in [5.74, 6) is -0.146. The Morgan fingerprint density at radius 1 is 1.15 bits per heavy atom. The zero-order chi connectivity index (χ0) is 24.0. The monoisotopic (exact) mass is 473 g/mol. The van der Waals surface area contributed by atoms with Crippen LogP contribution in [0.25, 0.3) is 0 Å². The normalized spacial score (nSPS) is 14.2. The van der Waals surface area contributed by atoms with Crippen molar-refractivity contribution in [1.29, 1.82) is 0 Å². The number of nitrogens with zero attached hydrogens (tertiary/aromatic N) is 2. The second kappa shape index (κ2) is 10.8. The van der Waals surface area contributed by atoms with Gasteiger partial charge in [-0.3, -0.25) is 19.2 Å². The van der Waals surface area contributed by atoms with E-state index in [1.165, 1.54) is 48.2 Å².